The summed E-state index contributed by atoms with van der Waals surface area (Å²) in [6.45, 7) is 4.09. The van der Waals surface area contributed by atoms with Crippen LogP contribution in [0, 0.1) is 6.92 Å². The van der Waals surface area contributed by atoms with Gasteiger partial charge in [0, 0.05) is 16.8 Å². The highest BCUT2D eigenvalue weighted by atomic mass is 14.8. The normalized spacial score (nSPS) is 13.1. The van der Waals surface area contributed by atoms with Crippen molar-refractivity contribution < 1.29 is 0 Å². The number of rotatable bonds is 1. The first-order valence-corrected chi connectivity index (χ1v) is 6.21. The highest BCUT2D eigenvalue weighted by molar-refractivity contribution is 6.06. The summed E-state index contributed by atoms with van der Waals surface area (Å²) in [4.78, 5) is 4.74. The molecule has 2 nitrogen and oxygen atoms in total. The lowest BCUT2D eigenvalue weighted by atomic mass is 10.0. The molecule has 0 aliphatic rings. The van der Waals surface area contributed by atoms with Crippen LogP contribution in [0.25, 0.3) is 21.7 Å². The largest absolute Gasteiger partial charge is 0.323 e. The van der Waals surface area contributed by atoms with Crippen LogP contribution in [0.1, 0.15) is 24.2 Å². The molecule has 0 aliphatic heterocycles. The molecule has 0 radical (unpaired) electrons. The number of aromatic nitrogens is 1. The molecule has 2 aromatic carbocycles. The van der Waals surface area contributed by atoms with Gasteiger partial charge in [-0.05, 0) is 30.9 Å². The number of benzene rings is 2. The predicted octanol–water partition coefficient (Wildman–Crippen LogP) is 3.72. The Kier molecular flexibility index (Phi) is 2.53. The molecule has 0 fully saturated rings. The minimum absolute atomic E-state index is 0.0351. The number of pyridine rings is 1. The maximum Gasteiger partial charge on any atom is 0.0786 e. The Morgan fingerprint density at radius 3 is 2.61 bits per heavy atom. The van der Waals surface area contributed by atoms with E-state index in [2.05, 4.69) is 49.4 Å². The van der Waals surface area contributed by atoms with Gasteiger partial charge in [0.15, 0.2) is 0 Å². The van der Waals surface area contributed by atoms with Crippen molar-refractivity contribution in [2.24, 2.45) is 5.73 Å². The third-order valence-electron chi connectivity index (χ3n) is 3.40. The summed E-state index contributed by atoms with van der Waals surface area (Å²) in [6, 6.07) is 14.7. The first-order chi connectivity index (χ1) is 8.66. The van der Waals surface area contributed by atoms with Crippen LogP contribution in [0.2, 0.25) is 0 Å². The van der Waals surface area contributed by atoms with Crippen LogP contribution in [0.5, 0.6) is 0 Å². The minimum Gasteiger partial charge on any atom is -0.323 e. The summed E-state index contributed by atoms with van der Waals surface area (Å²) in [5.41, 5.74) is 9.20. The molecule has 2 heteroatoms. The van der Waals surface area contributed by atoms with Crippen LogP contribution >= 0.6 is 0 Å². The number of aryl methyl sites for hydroxylation is 1. The molecule has 18 heavy (non-hydrogen) atoms. The van der Waals surface area contributed by atoms with Crippen LogP contribution in [-0.2, 0) is 0 Å². The van der Waals surface area contributed by atoms with Gasteiger partial charge in [0.2, 0.25) is 0 Å². The van der Waals surface area contributed by atoms with E-state index in [1.165, 1.54) is 21.7 Å². The zero-order valence-electron chi connectivity index (χ0n) is 10.6. The molecule has 1 atom stereocenters. The lowest BCUT2D eigenvalue weighted by molar-refractivity contribution is 0.786. The average molecular weight is 236 g/mol. The summed E-state index contributed by atoms with van der Waals surface area (Å²) >= 11 is 0. The van der Waals surface area contributed by atoms with Crippen molar-refractivity contribution in [2.75, 3.05) is 0 Å². The fraction of sp³-hybridized carbons (Fsp3) is 0.188. The average Bonchev–Trinajstić information content (AvgIpc) is 2.38. The second kappa shape index (κ2) is 4.07. The zero-order chi connectivity index (χ0) is 12.7. The van der Waals surface area contributed by atoms with Crippen molar-refractivity contribution in [1.29, 1.82) is 0 Å². The van der Waals surface area contributed by atoms with Gasteiger partial charge in [-0.1, -0.05) is 36.4 Å². The molecule has 0 saturated heterocycles. The maximum absolute atomic E-state index is 5.96. The molecule has 0 bridgehead atoms. The van der Waals surface area contributed by atoms with Crippen LogP contribution in [0.15, 0.2) is 42.5 Å². The number of hydrogen-bond acceptors (Lipinski definition) is 2. The smallest absolute Gasteiger partial charge is 0.0786 e. The van der Waals surface area contributed by atoms with Gasteiger partial charge in [0.25, 0.3) is 0 Å². The molecule has 1 unspecified atom stereocenters. The molecule has 90 valence electrons. The summed E-state index contributed by atoms with van der Waals surface area (Å²) in [5.74, 6) is 0. The van der Waals surface area contributed by atoms with Gasteiger partial charge in [0.05, 0.1) is 11.2 Å². The van der Waals surface area contributed by atoms with Gasteiger partial charge in [-0.15, -0.1) is 0 Å². The Morgan fingerprint density at radius 1 is 1.06 bits per heavy atom. The Morgan fingerprint density at radius 2 is 1.83 bits per heavy atom. The molecular weight excluding hydrogens is 220 g/mol. The molecule has 0 aliphatic carbocycles. The summed E-state index contributed by atoms with van der Waals surface area (Å²) < 4.78 is 0. The summed E-state index contributed by atoms with van der Waals surface area (Å²) in [6.07, 6.45) is 0. The molecule has 3 aromatic rings. The van der Waals surface area contributed by atoms with Crippen LogP contribution < -0.4 is 5.73 Å². The minimum atomic E-state index is -0.0351. The number of hydrogen-bond donors (Lipinski definition) is 1. The van der Waals surface area contributed by atoms with E-state index in [1.807, 2.05) is 6.92 Å². The van der Waals surface area contributed by atoms with E-state index in [0.29, 0.717) is 0 Å². The van der Waals surface area contributed by atoms with Gasteiger partial charge >= 0.3 is 0 Å². The van der Waals surface area contributed by atoms with E-state index < -0.39 is 0 Å². The summed E-state index contributed by atoms with van der Waals surface area (Å²) in [7, 11) is 0. The number of nitrogens with two attached hydrogens (primary N) is 1. The lowest BCUT2D eigenvalue weighted by Crippen LogP contribution is -2.07. The molecule has 0 amide bonds. The lowest BCUT2D eigenvalue weighted by Gasteiger charge is -2.11. The van der Waals surface area contributed by atoms with E-state index in [0.717, 1.165) is 11.2 Å². The Hall–Kier alpha value is -1.93. The highest BCUT2D eigenvalue weighted by Gasteiger charge is 2.08. The molecule has 2 N–H and O–H groups in total. The topological polar surface area (TPSA) is 38.9 Å². The zero-order valence-corrected chi connectivity index (χ0v) is 10.6. The number of nitrogens with zero attached hydrogens (tertiary/aromatic N) is 1. The van der Waals surface area contributed by atoms with Crippen molar-refractivity contribution in [3.63, 3.8) is 0 Å². The molecular formula is C16H16N2. The molecule has 1 aromatic heterocycles. The Balaban J connectivity index is 2.48. The summed E-state index contributed by atoms with van der Waals surface area (Å²) in [5, 5.41) is 3.62. The monoisotopic (exact) mass is 236 g/mol. The van der Waals surface area contributed by atoms with Crippen molar-refractivity contribution in [1.82, 2.24) is 4.98 Å². The van der Waals surface area contributed by atoms with E-state index in [-0.39, 0.29) is 6.04 Å². The maximum atomic E-state index is 5.96. The second-order valence-corrected chi connectivity index (χ2v) is 4.84. The van der Waals surface area contributed by atoms with Crippen molar-refractivity contribution in [2.45, 2.75) is 19.9 Å². The standard InChI is InChI=1S/C16H16N2/c1-10-9-15(11(2)17)18-16-13(10)8-7-12-5-3-4-6-14(12)16/h3-9,11H,17H2,1-2H3. The fourth-order valence-corrected chi connectivity index (χ4v) is 2.39. The van der Waals surface area contributed by atoms with E-state index in [1.54, 1.807) is 0 Å². The SMILES string of the molecule is Cc1cc(C(C)N)nc2c1ccc1ccccc12. The Bertz CT molecular complexity index is 730. The first kappa shape index (κ1) is 11.2. The third kappa shape index (κ3) is 1.66. The number of fused-ring (bicyclic) bond motifs is 3. The second-order valence-electron chi connectivity index (χ2n) is 4.84. The fourth-order valence-electron chi connectivity index (χ4n) is 2.39. The van der Waals surface area contributed by atoms with Gasteiger partial charge in [0.1, 0.15) is 0 Å². The molecule has 0 spiro atoms. The van der Waals surface area contributed by atoms with E-state index >= 15 is 0 Å². The predicted molar refractivity (Wildman–Crippen MR) is 76.6 cm³/mol. The van der Waals surface area contributed by atoms with Crippen molar-refractivity contribution in [3.05, 3.63) is 53.7 Å². The van der Waals surface area contributed by atoms with Crippen molar-refractivity contribution >= 4 is 21.7 Å². The van der Waals surface area contributed by atoms with E-state index in [9.17, 15) is 0 Å². The van der Waals surface area contributed by atoms with Crippen LogP contribution in [0.4, 0.5) is 0 Å². The van der Waals surface area contributed by atoms with Gasteiger partial charge in [-0.25, -0.2) is 0 Å². The highest BCUT2D eigenvalue weighted by Crippen LogP contribution is 2.27. The first-order valence-electron chi connectivity index (χ1n) is 6.21. The van der Waals surface area contributed by atoms with Crippen molar-refractivity contribution in [3.8, 4) is 0 Å². The molecule has 0 saturated carbocycles. The van der Waals surface area contributed by atoms with Crippen LogP contribution in [0.3, 0.4) is 0 Å². The molecule has 3 rings (SSSR count). The molecule has 1 heterocycles. The Labute approximate surface area is 106 Å². The quantitative estimate of drug-likeness (QED) is 0.654. The van der Waals surface area contributed by atoms with Gasteiger partial charge in [-0.3, -0.25) is 4.98 Å². The van der Waals surface area contributed by atoms with E-state index in [4.69, 9.17) is 10.7 Å². The van der Waals surface area contributed by atoms with Gasteiger partial charge < -0.3 is 5.73 Å². The third-order valence-corrected chi connectivity index (χ3v) is 3.40. The van der Waals surface area contributed by atoms with Gasteiger partial charge in [-0.2, -0.15) is 0 Å². The van der Waals surface area contributed by atoms with Crippen LogP contribution in [-0.4, -0.2) is 4.98 Å².